The minimum Gasteiger partial charge on any atom is -0.465 e. The van der Waals surface area contributed by atoms with Crippen molar-refractivity contribution in [1.29, 1.82) is 0 Å². The largest absolute Gasteiger partial charge is 0.465 e. The summed E-state index contributed by atoms with van der Waals surface area (Å²) >= 11 is 0. The normalized spacial score (nSPS) is 16.0. The Hall–Kier alpha value is -1.84. The summed E-state index contributed by atoms with van der Waals surface area (Å²) in [6, 6.07) is 7.60. The Balaban J connectivity index is 1.88. The third-order valence-electron chi connectivity index (χ3n) is 3.96. The highest BCUT2D eigenvalue weighted by Crippen LogP contribution is 2.22. The Morgan fingerprint density at radius 3 is 2.30 bits per heavy atom. The lowest BCUT2D eigenvalue weighted by molar-refractivity contribution is -0.130. The summed E-state index contributed by atoms with van der Waals surface area (Å²) in [6.45, 7) is 3.35. The fourth-order valence-corrected chi connectivity index (χ4v) is 2.68. The summed E-state index contributed by atoms with van der Waals surface area (Å²) in [7, 11) is 1.39. The van der Waals surface area contributed by atoms with Crippen molar-refractivity contribution in [2.24, 2.45) is 5.92 Å². The molecule has 1 amide bonds. The summed E-state index contributed by atoms with van der Waals surface area (Å²) in [6.07, 6.45) is 3.11. The Bertz CT molecular complexity index is 473. The van der Waals surface area contributed by atoms with Crippen molar-refractivity contribution in [3.05, 3.63) is 35.4 Å². The van der Waals surface area contributed by atoms with E-state index in [0.717, 1.165) is 32.4 Å². The average Bonchev–Trinajstić information content (AvgIpc) is 2.48. The van der Waals surface area contributed by atoms with Crippen molar-refractivity contribution in [1.82, 2.24) is 4.90 Å². The smallest absolute Gasteiger partial charge is 0.337 e. The number of amides is 1. The predicted octanol–water partition coefficient (Wildman–Crippen LogP) is 2.27. The predicted molar refractivity (Wildman–Crippen MR) is 76.5 cm³/mol. The molecule has 2 rings (SSSR count). The van der Waals surface area contributed by atoms with Gasteiger partial charge in [0.05, 0.1) is 12.7 Å². The van der Waals surface area contributed by atoms with Gasteiger partial charge in [0.2, 0.25) is 5.91 Å². The molecule has 1 saturated heterocycles. The van der Waals surface area contributed by atoms with E-state index in [1.165, 1.54) is 12.7 Å². The third-order valence-corrected chi connectivity index (χ3v) is 3.96. The molecule has 1 aromatic rings. The quantitative estimate of drug-likeness (QED) is 0.795. The number of carbonyl (C=O) groups is 2. The molecule has 4 heteroatoms. The molecule has 108 valence electrons. The molecule has 0 radical (unpaired) electrons. The van der Waals surface area contributed by atoms with Crippen LogP contribution < -0.4 is 0 Å². The molecule has 0 unspecified atom stereocenters. The zero-order valence-corrected chi connectivity index (χ0v) is 12.1. The number of benzene rings is 1. The monoisotopic (exact) mass is 275 g/mol. The van der Waals surface area contributed by atoms with E-state index in [9.17, 15) is 9.59 Å². The molecule has 0 atom stereocenters. The van der Waals surface area contributed by atoms with E-state index in [2.05, 4.69) is 4.74 Å². The Labute approximate surface area is 119 Å². The van der Waals surface area contributed by atoms with E-state index >= 15 is 0 Å². The summed E-state index contributed by atoms with van der Waals surface area (Å²) < 4.78 is 4.68. The van der Waals surface area contributed by atoms with Crippen LogP contribution in [0.25, 0.3) is 0 Å². The minimum atomic E-state index is -0.300. The van der Waals surface area contributed by atoms with Gasteiger partial charge in [-0.15, -0.1) is 0 Å². The first-order chi connectivity index (χ1) is 9.60. The molecule has 1 aromatic carbocycles. The lowest BCUT2D eigenvalue weighted by Crippen LogP contribution is -2.37. The van der Waals surface area contributed by atoms with Crippen LogP contribution in [0, 0.1) is 5.92 Å². The number of methoxy groups -OCH3 is 1. The first-order valence-electron chi connectivity index (χ1n) is 7.03. The average molecular weight is 275 g/mol. The van der Waals surface area contributed by atoms with Crippen molar-refractivity contribution in [3.8, 4) is 0 Å². The molecule has 0 aliphatic carbocycles. The number of hydrogen-bond acceptors (Lipinski definition) is 3. The Morgan fingerprint density at radius 2 is 1.80 bits per heavy atom. The van der Waals surface area contributed by atoms with Crippen LogP contribution in [0.2, 0.25) is 0 Å². The van der Waals surface area contributed by atoms with Gasteiger partial charge in [-0.25, -0.2) is 4.79 Å². The summed E-state index contributed by atoms with van der Waals surface area (Å²) in [5, 5.41) is 0. The maximum Gasteiger partial charge on any atom is 0.337 e. The molecule has 0 spiro atoms. The number of piperidine rings is 1. The maximum atomic E-state index is 11.4. The fraction of sp³-hybridized carbons (Fsp3) is 0.500. The van der Waals surface area contributed by atoms with Gasteiger partial charge in [-0.05, 0) is 42.9 Å². The Kier molecular flexibility index (Phi) is 4.77. The van der Waals surface area contributed by atoms with Gasteiger partial charge in [0, 0.05) is 20.0 Å². The number of hydrogen-bond donors (Lipinski definition) is 0. The second-order valence-corrected chi connectivity index (χ2v) is 5.34. The van der Waals surface area contributed by atoms with Crippen LogP contribution in [0.1, 0.15) is 35.7 Å². The van der Waals surface area contributed by atoms with Crippen LogP contribution in [0.3, 0.4) is 0 Å². The van der Waals surface area contributed by atoms with Gasteiger partial charge in [-0.2, -0.15) is 0 Å². The van der Waals surface area contributed by atoms with Crippen molar-refractivity contribution < 1.29 is 14.3 Å². The summed E-state index contributed by atoms with van der Waals surface area (Å²) in [5.41, 5.74) is 1.82. The van der Waals surface area contributed by atoms with Crippen molar-refractivity contribution in [2.75, 3.05) is 20.2 Å². The number of nitrogens with zero attached hydrogens (tertiary/aromatic N) is 1. The highest BCUT2D eigenvalue weighted by molar-refractivity contribution is 5.89. The molecule has 0 N–H and O–H groups in total. The van der Waals surface area contributed by atoms with Crippen LogP contribution in [0.5, 0.6) is 0 Å². The first kappa shape index (κ1) is 14.6. The molecule has 1 aliphatic heterocycles. The topological polar surface area (TPSA) is 46.6 Å². The highest BCUT2D eigenvalue weighted by Gasteiger charge is 2.20. The van der Waals surface area contributed by atoms with Crippen LogP contribution in [0.15, 0.2) is 24.3 Å². The molecule has 1 fully saturated rings. The molecule has 0 bridgehead atoms. The highest BCUT2D eigenvalue weighted by atomic mass is 16.5. The van der Waals surface area contributed by atoms with Gasteiger partial charge in [0.15, 0.2) is 0 Å². The van der Waals surface area contributed by atoms with Crippen LogP contribution in [-0.2, 0) is 16.0 Å². The van der Waals surface area contributed by atoms with E-state index in [1.54, 1.807) is 6.92 Å². The molecular formula is C16H21NO3. The zero-order valence-electron chi connectivity index (χ0n) is 12.1. The second kappa shape index (κ2) is 6.55. The van der Waals surface area contributed by atoms with Gasteiger partial charge < -0.3 is 9.64 Å². The van der Waals surface area contributed by atoms with E-state index < -0.39 is 0 Å². The molecular weight excluding hydrogens is 254 g/mol. The third kappa shape index (κ3) is 3.59. The van der Waals surface area contributed by atoms with Gasteiger partial charge in [-0.3, -0.25) is 4.79 Å². The molecule has 1 heterocycles. The summed E-state index contributed by atoms with van der Waals surface area (Å²) in [4.78, 5) is 24.5. The molecule has 0 saturated carbocycles. The van der Waals surface area contributed by atoms with E-state index in [4.69, 9.17) is 0 Å². The van der Waals surface area contributed by atoms with E-state index in [1.807, 2.05) is 29.2 Å². The molecule has 0 aromatic heterocycles. The fourth-order valence-electron chi connectivity index (χ4n) is 2.68. The van der Waals surface area contributed by atoms with Gasteiger partial charge in [0.25, 0.3) is 0 Å². The zero-order chi connectivity index (χ0) is 14.5. The molecule has 4 nitrogen and oxygen atoms in total. The van der Waals surface area contributed by atoms with E-state index in [0.29, 0.717) is 11.5 Å². The number of carbonyl (C=O) groups excluding carboxylic acids is 2. The second-order valence-electron chi connectivity index (χ2n) is 5.34. The number of ether oxygens (including phenoxy) is 1. The minimum absolute atomic E-state index is 0.172. The van der Waals surface area contributed by atoms with Gasteiger partial charge >= 0.3 is 5.97 Å². The molecule has 1 aliphatic rings. The summed E-state index contributed by atoms with van der Waals surface area (Å²) in [5.74, 6) is 0.492. The Morgan fingerprint density at radius 1 is 1.20 bits per heavy atom. The first-order valence-corrected chi connectivity index (χ1v) is 7.03. The lowest BCUT2D eigenvalue weighted by Gasteiger charge is -2.31. The van der Waals surface area contributed by atoms with Gasteiger partial charge in [-0.1, -0.05) is 12.1 Å². The van der Waals surface area contributed by atoms with Crippen LogP contribution >= 0.6 is 0 Å². The number of rotatable bonds is 3. The SMILES string of the molecule is COC(=O)c1ccc(CC2CCN(C(C)=O)CC2)cc1. The van der Waals surface area contributed by atoms with E-state index in [-0.39, 0.29) is 11.9 Å². The maximum absolute atomic E-state index is 11.4. The van der Waals surface area contributed by atoms with Crippen LogP contribution in [0.4, 0.5) is 0 Å². The number of likely N-dealkylation sites (tertiary alicyclic amines) is 1. The van der Waals surface area contributed by atoms with Crippen LogP contribution in [-0.4, -0.2) is 37.0 Å². The van der Waals surface area contributed by atoms with Crippen molar-refractivity contribution in [2.45, 2.75) is 26.2 Å². The van der Waals surface area contributed by atoms with Crippen molar-refractivity contribution >= 4 is 11.9 Å². The van der Waals surface area contributed by atoms with Gasteiger partial charge in [0.1, 0.15) is 0 Å². The number of esters is 1. The standard InChI is InChI=1S/C16H21NO3/c1-12(18)17-9-7-14(8-10-17)11-13-3-5-15(6-4-13)16(19)20-2/h3-6,14H,7-11H2,1-2H3. The molecule has 20 heavy (non-hydrogen) atoms. The van der Waals surface area contributed by atoms with Crippen molar-refractivity contribution in [3.63, 3.8) is 0 Å². The lowest BCUT2D eigenvalue weighted by atomic mass is 9.90.